The quantitative estimate of drug-likeness (QED) is 0.891. The molecule has 5 nitrogen and oxygen atoms in total. The van der Waals surface area contributed by atoms with Crippen LogP contribution in [0, 0.1) is 6.92 Å². The molecule has 0 radical (unpaired) electrons. The van der Waals surface area contributed by atoms with Gasteiger partial charge >= 0.3 is 0 Å². The van der Waals surface area contributed by atoms with Crippen molar-refractivity contribution in [2.24, 2.45) is 0 Å². The Balaban J connectivity index is 2.45. The number of benzene rings is 1. The van der Waals surface area contributed by atoms with Crippen molar-refractivity contribution in [3.8, 4) is 0 Å². The zero-order chi connectivity index (χ0) is 14.9. The molecule has 1 aliphatic rings. The lowest BCUT2D eigenvalue weighted by molar-refractivity contribution is -0.126. The summed E-state index contributed by atoms with van der Waals surface area (Å²) in [5, 5.41) is 2.70. The second-order valence-corrected chi connectivity index (χ2v) is 7.48. The monoisotopic (exact) mass is 360 g/mol. The summed E-state index contributed by atoms with van der Waals surface area (Å²) < 4.78 is 27.3. The number of hydrogen-bond acceptors (Lipinski definition) is 3. The Morgan fingerprint density at radius 1 is 1.45 bits per heavy atom. The number of carbonyl (C=O) groups excluding carboxylic acids is 1. The molecule has 0 aromatic heterocycles. The zero-order valence-electron chi connectivity index (χ0n) is 11.4. The van der Waals surface area contributed by atoms with Crippen molar-refractivity contribution in [2.75, 3.05) is 13.1 Å². The van der Waals surface area contributed by atoms with Gasteiger partial charge in [0.05, 0.1) is 4.90 Å². The normalized spacial score (nSPS) is 20.8. The van der Waals surface area contributed by atoms with E-state index in [2.05, 4.69) is 21.2 Å². The number of aryl methyl sites for hydroxylation is 1. The number of nitrogens with one attached hydrogen (secondary N) is 1. The topological polar surface area (TPSA) is 66.5 Å². The van der Waals surface area contributed by atoms with Gasteiger partial charge in [-0.1, -0.05) is 13.0 Å². The molecule has 20 heavy (non-hydrogen) atoms. The molecule has 0 spiro atoms. The van der Waals surface area contributed by atoms with E-state index in [-0.39, 0.29) is 10.8 Å². The van der Waals surface area contributed by atoms with Gasteiger partial charge in [0.1, 0.15) is 6.04 Å². The van der Waals surface area contributed by atoms with E-state index in [0.717, 1.165) is 5.56 Å². The van der Waals surface area contributed by atoms with E-state index in [1.807, 2.05) is 13.8 Å². The summed E-state index contributed by atoms with van der Waals surface area (Å²) in [5.41, 5.74) is 0.972. The minimum Gasteiger partial charge on any atom is -0.353 e. The first-order valence-corrected chi connectivity index (χ1v) is 8.67. The molecule has 1 saturated heterocycles. The summed E-state index contributed by atoms with van der Waals surface area (Å²) in [4.78, 5) is 12.0. The summed E-state index contributed by atoms with van der Waals surface area (Å²) in [5.74, 6) is -0.231. The van der Waals surface area contributed by atoms with E-state index < -0.39 is 16.1 Å². The fourth-order valence-corrected chi connectivity index (χ4v) is 5.13. The minimum absolute atomic E-state index is 0.205. The SMILES string of the molecule is CCC1C(=O)NCCN1S(=O)(=O)c1ccc(C)cc1Br. The number of nitrogens with zero attached hydrogens (tertiary/aromatic N) is 1. The highest BCUT2D eigenvalue weighted by molar-refractivity contribution is 9.10. The number of sulfonamides is 1. The molecule has 0 saturated carbocycles. The molecule has 1 atom stereocenters. The molecule has 0 aliphatic carbocycles. The number of rotatable bonds is 3. The van der Waals surface area contributed by atoms with Gasteiger partial charge in [0.25, 0.3) is 0 Å². The van der Waals surface area contributed by atoms with Crippen LogP contribution in [0.2, 0.25) is 0 Å². The molecule has 7 heteroatoms. The first-order chi connectivity index (χ1) is 9.37. The first-order valence-electron chi connectivity index (χ1n) is 6.43. The van der Waals surface area contributed by atoms with Gasteiger partial charge in [0, 0.05) is 17.6 Å². The molecule has 1 aromatic carbocycles. The summed E-state index contributed by atoms with van der Waals surface area (Å²) >= 11 is 3.30. The molecular formula is C13H17BrN2O3S. The number of halogens is 1. The van der Waals surface area contributed by atoms with Gasteiger partial charge in [-0.3, -0.25) is 4.79 Å². The number of amides is 1. The lowest BCUT2D eigenvalue weighted by Crippen LogP contribution is -2.56. The largest absolute Gasteiger partial charge is 0.353 e. The maximum atomic E-state index is 12.8. The van der Waals surface area contributed by atoms with Crippen LogP contribution >= 0.6 is 15.9 Å². The van der Waals surface area contributed by atoms with E-state index >= 15 is 0 Å². The van der Waals surface area contributed by atoms with Crippen LogP contribution in [-0.4, -0.2) is 37.8 Å². The summed E-state index contributed by atoms with van der Waals surface area (Å²) in [6.07, 6.45) is 0.453. The first kappa shape index (κ1) is 15.5. The molecule has 0 bridgehead atoms. The van der Waals surface area contributed by atoms with Gasteiger partial charge in [-0.15, -0.1) is 0 Å². The molecule has 110 valence electrons. The van der Waals surface area contributed by atoms with Crippen LogP contribution in [-0.2, 0) is 14.8 Å². The molecule has 2 rings (SSSR count). The van der Waals surface area contributed by atoms with Crippen LogP contribution in [0.4, 0.5) is 0 Å². The summed E-state index contributed by atoms with van der Waals surface area (Å²) in [7, 11) is -3.68. The Kier molecular flexibility index (Phi) is 4.51. The van der Waals surface area contributed by atoms with Crippen molar-refractivity contribution >= 4 is 31.9 Å². The molecule has 1 fully saturated rings. The van der Waals surface area contributed by atoms with Crippen LogP contribution in [0.5, 0.6) is 0 Å². The van der Waals surface area contributed by atoms with Gasteiger partial charge in [0.15, 0.2) is 0 Å². The molecule has 1 unspecified atom stereocenters. The zero-order valence-corrected chi connectivity index (χ0v) is 13.8. The van der Waals surface area contributed by atoms with E-state index in [0.29, 0.717) is 24.0 Å². The van der Waals surface area contributed by atoms with E-state index in [9.17, 15) is 13.2 Å². The van der Waals surface area contributed by atoms with Crippen LogP contribution in [0.25, 0.3) is 0 Å². The smallest absolute Gasteiger partial charge is 0.244 e. The highest BCUT2D eigenvalue weighted by Crippen LogP contribution is 2.28. The third-order valence-corrected chi connectivity index (χ3v) is 6.23. The highest BCUT2D eigenvalue weighted by Gasteiger charge is 2.37. The van der Waals surface area contributed by atoms with Crippen molar-refractivity contribution in [1.29, 1.82) is 0 Å². The maximum Gasteiger partial charge on any atom is 0.244 e. The Morgan fingerprint density at radius 2 is 2.15 bits per heavy atom. The van der Waals surface area contributed by atoms with Crippen LogP contribution in [0.1, 0.15) is 18.9 Å². The highest BCUT2D eigenvalue weighted by atomic mass is 79.9. The van der Waals surface area contributed by atoms with E-state index in [1.54, 1.807) is 18.2 Å². The summed E-state index contributed by atoms with van der Waals surface area (Å²) in [6, 6.07) is 4.45. The molecule has 1 aromatic rings. The minimum atomic E-state index is -3.68. The van der Waals surface area contributed by atoms with Gasteiger partial charge in [0.2, 0.25) is 15.9 Å². The van der Waals surface area contributed by atoms with Crippen LogP contribution in [0.15, 0.2) is 27.6 Å². The third kappa shape index (κ3) is 2.75. The number of carbonyl (C=O) groups is 1. The Bertz CT molecular complexity index is 631. The lowest BCUT2D eigenvalue weighted by Gasteiger charge is -2.33. The second-order valence-electron chi connectivity index (χ2n) is 4.76. The lowest BCUT2D eigenvalue weighted by atomic mass is 10.2. The Morgan fingerprint density at radius 3 is 2.75 bits per heavy atom. The van der Waals surface area contributed by atoms with Crippen LogP contribution < -0.4 is 5.32 Å². The summed E-state index contributed by atoms with van der Waals surface area (Å²) in [6.45, 7) is 4.34. The van der Waals surface area contributed by atoms with Gasteiger partial charge in [-0.2, -0.15) is 4.31 Å². The maximum absolute atomic E-state index is 12.8. The predicted molar refractivity (Wildman–Crippen MR) is 79.9 cm³/mol. The van der Waals surface area contributed by atoms with Crippen molar-refractivity contribution in [1.82, 2.24) is 9.62 Å². The molecule has 1 aliphatic heterocycles. The molecular weight excluding hydrogens is 344 g/mol. The van der Waals surface area contributed by atoms with Crippen molar-refractivity contribution in [3.63, 3.8) is 0 Å². The van der Waals surface area contributed by atoms with Crippen molar-refractivity contribution in [2.45, 2.75) is 31.2 Å². The van der Waals surface area contributed by atoms with E-state index in [1.165, 1.54) is 4.31 Å². The molecule has 1 heterocycles. The standard InChI is InChI=1S/C13H17BrN2O3S/c1-3-11-13(17)15-6-7-16(11)20(18,19)12-5-4-9(2)8-10(12)14/h4-5,8,11H,3,6-7H2,1-2H3,(H,15,17). The van der Waals surface area contributed by atoms with Crippen molar-refractivity contribution < 1.29 is 13.2 Å². The third-order valence-electron chi connectivity index (χ3n) is 3.34. The second kappa shape index (κ2) is 5.83. The van der Waals surface area contributed by atoms with Crippen molar-refractivity contribution in [3.05, 3.63) is 28.2 Å². The fraction of sp³-hybridized carbons (Fsp3) is 0.462. The van der Waals surface area contributed by atoms with E-state index in [4.69, 9.17) is 0 Å². The predicted octanol–water partition coefficient (Wildman–Crippen LogP) is 1.66. The van der Waals surface area contributed by atoms with Gasteiger partial charge in [-0.05, 0) is 47.0 Å². The van der Waals surface area contributed by atoms with Crippen LogP contribution in [0.3, 0.4) is 0 Å². The fourth-order valence-electron chi connectivity index (χ4n) is 2.31. The molecule has 1 amide bonds. The Labute approximate surface area is 127 Å². The number of piperazine rings is 1. The number of hydrogen-bond donors (Lipinski definition) is 1. The average molecular weight is 361 g/mol. The van der Waals surface area contributed by atoms with Gasteiger partial charge in [-0.25, -0.2) is 8.42 Å². The molecule has 1 N–H and O–H groups in total. The Hall–Kier alpha value is -0.920. The van der Waals surface area contributed by atoms with Gasteiger partial charge < -0.3 is 5.32 Å². The average Bonchev–Trinajstić information content (AvgIpc) is 2.37.